The predicted octanol–water partition coefficient (Wildman–Crippen LogP) is -7.32. The minimum Gasteiger partial charge on any atom is -0.509 e. The van der Waals surface area contributed by atoms with Crippen molar-refractivity contribution in [3.05, 3.63) is 0 Å². The molecule has 12 heavy (non-hydrogen) atoms. The maximum atomic E-state index is 9.69. The standard InChI is InChI=1S/C6H11B5O/c7-1-2(8)4(10)6(12)5(11)3(1)9/h12H,7-11H2. The molecule has 0 saturated carbocycles. The summed E-state index contributed by atoms with van der Waals surface area (Å²) >= 11 is 0. The van der Waals surface area contributed by atoms with Gasteiger partial charge in [-0.25, -0.2) is 0 Å². The van der Waals surface area contributed by atoms with Crippen LogP contribution in [0, 0.1) is 0 Å². The topological polar surface area (TPSA) is 20.2 Å². The minimum absolute atomic E-state index is 0.454. The van der Waals surface area contributed by atoms with Crippen LogP contribution in [0.2, 0.25) is 0 Å². The van der Waals surface area contributed by atoms with Crippen molar-refractivity contribution >= 4 is 66.5 Å². The second-order valence-corrected chi connectivity index (χ2v) is 3.47. The molecule has 6 heteroatoms. The van der Waals surface area contributed by atoms with Crippen LogP contribution in [0.5, 0.6) is 5.75 Å². The van der Waals surface area contributed by atoms with Gasteiger partial charge in [-0.1, -0.05) is 21.9 Å². The number of hydrogen-bond acceptors (Lipinski definition) is 1. The first-order chi connectivity index (χ1) is 5.46. The molecule has 0 heterocycles. The summed E-state index contributed by atoms with van der Waals surface area (Å²) in [5, 5.41) is 9.69. The first-order valence-electron chi connectivity index (χ1n) is 4.22. The van der Waals surface area contributed by atoms with Crippen LogP contribution < -0.4 is 27.3 Å². The largest absolute Gasteiger partial charge is 0.509 e. The van der Waals surface area contributed by atoms with E-state index >= 15 is 0 Å². The minimum atomic E-state index is 0.454. The summed E-state index contributed by atoms with van der Waals surface area (Å²) in [5.74, 6) is 0.454. The molecular weight excluding hydrogens is 142 g/mol. The molecule has 0 bridgehead atoms. The zero-order chi connectivity index (χ0) is 9.46. The number of hydrogen-bond donors (Lipinski definition) is 1. The first kappa shape index (κ1) is 9.43. The summed E-state index contributed by atoms with van der Waals surface area (Å²) in [4.78, 5) is 0. The molecule has 0 spiro atoms. The number of rotatable bonds is 0. The molecule has 0 aromatic heterocycles. The Hall–Kier alpha value is -0.655. The molecule has 0 amide bonds. The van der Waals surface area contributed by atoms with Crippen molar-refractivity contribution < 1.29 is 5.11 Å². The quantitative estimate of drug-likeness (QED) is 0.367. The summed E-state index contributed by atoms with van der Waals surface area (Å²) < 4.78 is 0. The Morgan fingerprint density at radius 3 is 1.17 bits per heavy atom. The molecule has 0 aliphatic rings. The predicted molar refractivity (Wildman–Crippen MR) is 69.0 cm³/mol. The van der Waals surface area contributed by atoms with E-state index in [0.29, 0.717) is 5.75 Å². The molecule has 1 N–H and O–H groups in total. The lowest BCUT2D eigenvalue weighted by Gasteiger charge is -2.15. The molecule has 1 nitrogen and oxygen atoms in total. The fraction of sp³-hybridized carbons (Fsp3) is 0. The van der Waals surface area contributed by atoms with E-state index in [-0.39, 0.29) is 0 Å². The Morgan fingerprint density at radius 2 is 0.833 bits per heavy atom. The van der Waals surface area contributed by atoms with E-state index in [2.05, 4.69) is 23.5 Å². The zero-order valence-corrected chi connectivity index (χ0v) is 8.45. The van der Waals surface area contributed by atoms with Crippen LogP contribution in [0.15, 0.2) is 0 Å². The average Bonchev–Trinajstić information content (AvgIpc) is 2.08. The van der Waals surface area contributed by atoms with Crippen LogP contribution in [0.1, 0.15) is 0 Å². The highest BCUT2D eigenvalue weighted by atomic mass is 16.3. The lowest BCUT2D eigenvalue weighted by atomic mass is 9.62. The molecule has 0 saturated heterocycles. The van der Waals surface area contributed by atoms with Crippen molar-refractivity contribution in [3.63, 3.8) is 0 Å². The van der Waals surface area contributed by atoms with E-state index in [1.54, 1.807) is 0 Å². The van der Waals surface area contributed by atoms with Gasteiger partial charge in [0.05, 0.1) is 0 Å². The van der Waals surface area contributed by atoms with Crippen LogP contribution in [0.4, 0.5) is 0 Å². The van der Waals surface area contributed by atoms with Gasteiger partial charge in [-0.2, -0.15) is 0 Å². The molecule has 1 aromatic rings. The van der Waals surface area contributed by atoms with E-state index in [0.717, 1.165) is 10.9 Å². The van der Waals surface area contributed by atoms with E-state index in [9.17, 15) is 5.11 Å². The molecular formula is C6H11B5O. The Bertz CT molecular complexity index is 230. The summed E-state index contributed by atoms with van der Waals surface area (Å²) in [6.07, 6.45) is 0. The van der Waals surface area contributed by atoms with Gasteiger partial charge < -0.3 is 5.11 Å². The summed E-state index contributed by atoms with van der Waals surface area (Å²) in [6, 6.07) is 0. The monoisotopic (exact) mass is 154 g/mol. The molecule has 0 aliphatic heterocycles. The average molecular weight is 153 g/mol. The number of aromatic hydroxyl groups is 1. The maximum Gasteiger partial charge on any atom is 0.143 e. The summed E-state index contributed by atoms with van der Waals surface area (Å²) in [7, 11) is 10.1. The SMILES string of the molecule is Bc1c(B)c(B)c(O)c(B)c1B. The molecule has 0 atom stereocenters. The first-order valence-corrected chi connectivity index (χ1v) is 4.22. The van der Waals surface area contributed by atoms with Crippen molar-refractivity contribution in [2.24, 2.45) is 0 Å². The fourth-order valence-corrected chi connectivity index (χ4v) is 1.48. The highest BCUT2D eigenvalue weighted by Crippen LogP contribution is 1.90. The molecule has 0 fully saturated rings. The van der Waals surface area contributed by atoms with Crippen molar-refractivity contribution in [2.75, 3.05) is 0 Å². The molecule has 1 rings (SSSR count). The number of phenolic OH excluding ortho intramolecular Hbond substituents is 1. The third-order valence-corrected chi connectivity index (χ3v) is 2.96. The van der Waals surface area contributed by atoms with E-state index in [1.165, 1.54) is 16.4 Å². The highest BCUT2D eigenvalue weighted by Gasteiger charge is 2.08. The Labute approximate surface area is 78.0 Å². The van der Waals surface area contributed by atoms with Gasteiger partial charge in [-0.3, -0.25) is 0 Å². The van der Waals surface area contributed by atoms with Crippen LogP contribution in [0.3, 0.4) is 0 Å². The fourth-order valence-electron chi connectivity index (χ4n) is 1.48. The summed E-state index contributed by atoms with van der Waals surface area (Å²) in [5.41, 5.74) is 5.72. The van der Waals surface area contributed by atoms with Gasteiger partial charge in [0.15, 0.2) is 0 Å². The number of phenols is 1. The van der Waals surface area contributed by atoms with E-state index in [1.807, 2.05) is 15.7 Å². The van der Waals surface area contributed by atoms with Crippen LogP contribution in [-0.4, -0.2) is 44.3 Å². The third kappa shape index (κ3) is 1.19. The van der Waals surface area contributed by atoms with Gasteiger partial charge in [0, 0.05) is 0 Å². The smallest absolute Gasteiger partial charge is 0.143 e. The Balaban J connectivity index is 3.60. The van der Waals surface area contributed by atoms with Crippen LogP contribution in [0.25, 0.3) is 0 Å². The molecule has 56 valence electrons. The summed E-state index contributed by atoms with van der Waals surface area (Å²) in [6.45, 7) is 0. The van der Waals surface area contributed by atoms with Crippen LogP contribution in [-0.2, 0) is 0 Å². The normalized spacial score (nSPS) is 10.0. The van der Waals surface area contributed by atoms with Gasteiger partial charge in [0.1, 0.15) is 45.0 Å². The lowest BCUT2D eigenvalue weighted by molar-refractivity contribution is 0.484. The Kier molecular flexibility index (Phi) is 2.36. The van der Waals surface area contributed by atoms with Gasteiger partial charge in [0.2, 0.25) is 0 Å². The number of benzene rings is 1. The maximum absolute atomic E-state index is 9.69. The van der Waals surface area contributed by atoms with E-state index in [4.69, 9.17) is 0 Å². The molecule has 0 radical (unpaired) electrons. The Morgan fingerprint density at radius 1 is 0.583 bits per heavy atom. The van der Waals surface area contributed by atoms with E-state index < -0.39 is 0 Å². The van der Waals surface area contributed by atoms with Crippen molar-refractivity contribution in [1.29, 1.82) is 0 Å². The van der Waals surface area contributed by atoms with Crippen molar-refractivity contribution in [2.45, 2.75) is 0 Å². The van der Waals surface area contributed by atoms with Gasteiger partial charge in [0.25, 0.3) is 0 Å². The van der Waals surface area contributed by atoms with Crippen molar-refractivity contribution in [3.8, 4) is 5.75 Å². The molecule has 0 unspecified atom stereocenters. The molecule has 1 aromatic carbocycles. The second-order valence-electron chi connectivity index (χ2n) is 3.47. The highest BCUT2D eigenvalue weighted by molar-refractivity contribution is 6.67. The van der Waals surface area contributed by atoms with Crippen molar-refractivity contribution in [1.82, 2.24) is 0 Å². The van der Waals surface area contributed by atoms with Crippen LogP contribution >= 0.6 is 0 Å². The third-order valence-electron chi connectivity index (χ3n) is 2.96. The van der Waals surface area contributed by atoms with Gasteiger partial charge in [-0.15, -0.1) is 5.46 Å². The zero-order valence-electron chi connectivity index (χ0n) is 8.45. The molecule has 0 aliphatic carbocycles. The second kappa shape index (κ2) is 3.00. The lowest BCUT2D eigenvalue weighted by Crippen LogP contribution is -2.53. The van der Waals surface area contributed by atoms with Gasteiger partial charge >= 0.3 is 0 Å². The van der Waals surface area contributed by atoms with Gasteiger partial charge in [-0.05, 0) is 0 Å².